The van der Waals surface area contributed by atoms with Gasteiger partial charge >= 0.3 is 0 Å². The monoisotopic (exact) mass is 290 g/mol. The molecule has 112 valence electrons. The first-order chi connectivity index (χ1) is 10.0. The van der Waals surface area contributed by atoms with Crippen LogP contribution in [0.2, 0.25) is 0 Å². The molecule has 2 N–H and O–H groups in total. The van der Waals surface area contributed by atoms with Crippen LogP contribution in [0.1, 0.15) is 39.0 Å². The van der Waals surface area contributed by atoms with Crippen LogP contribution in [0.3, 0.4) is 0 Å². The fourth-order valence-electron chi connectivity index (χ4n) is 2.04. The highest BCUT2D eigenvalue weighted by molar-refractivity contribution is 5.93. The maximum Gasteiger partial charge on any atom is 0.273 e. The van der Waals surface area contributed by atoms with Crippen LogP contribution >= 0.6 is 0 Å². The molecule has 2 rings (SSSR count). The van der Waals surface area contributed by atoms with Crippen LogP contribution in [0.4, 0.5) is 0 Å². The number of amides is 1. The molecule has 0 atom stereocenters. The van der Waals surface area contributed by atoms with Crippen molar-refractivity contribution in [3.05, 3.63) is 40.3 Å². The van der Waals surface area contributed by atoms with Crippen LogP contribution < -0.4 is 5.32 Å². The van der Waals surface area contributed by atoms with Crippen molar-refractivity contribution in [3.8, 4) is 0 Å². The zero-order valence-corrected chi connectivity index (χ0v) is 12.3. The van der Waals surface area contributed by atoms with Gasteiger partial charge in [-0.05, 0) is 26.8 Å². The molecule has 0 radical (unpaired) electrons. The molecule has 0 fully saturated rings. The van der Waals surface area contributed by atoms with Gasteiger partial charge in [0.05, 0.1) is 12.2 Å². The fraction of sp³-hybridized carbons (Fsp3) is 0.429. The van der Waals surface area contributed by atoms with Gasteiger partial charge < -0.3 is 14.9 Å². The molecule has 2 heterocycles. The summed E-state index contributed by atoms with van der Waals surface area (Å²) in [5, 5.41) is 15.6. The lowest BCUT2D eigenvalue weighted by atomic mass is 10.2. The van der Waals surface area contributed by atoms with E-state index >= 15 is 0 Å². The summed E-state index contributed by atoms with van der Waals surface area (Å²) in [6.07, 6.45) is 0.527. The number of aliphatic hydroxyl groups excluding tert-OH is 1. The number of nitrogens with one attached hydrogen (secondary N) is 1. The summed E-state index contributed by atoms with van der Waals surface area (Å²) < 4.78 is 4.91. The third-order valence-corrected chi connectivity index (χ3v) is 3.02. The van der Waals surface area contributed by atoms with Crippen molar-refractivity contribution in [1.29, 1.82) is 0 Å². The molecule has 0 aromatic carbocycles. The Morgan fingerprint density at radius 2 is 1.95 bits per heavy atom. The van der Waals surface area contributed by atoms with Crippen molar-refractivity contribution < 1.29 is 14.4 Å². The summed E-state index contributed by atoms with van der Waals surface area (Å²) in [7, 11) is 0. The second kappa shape index (κ2) is 6.45. The number of aryl methyl sites for hydroxylation is 3. The smallest absolute Gasteiger partial charge is 0.273 e. The molecule has 7 nitrogen and oxygen atoms in total. The van der Waals surface area contributed by atoms with Crippen LogP contribution in [0.15, 0.2) is 10.6 Å². The minimum atomic E-state index is -0.375. The molecular weight excluding hydrogens is 272 g/mol. The molecule has 0 saturated heterocycles. The van der Waals surface area contributed by atoms with E-state index < -0.39 is 0 Å². The molecule has 2 aromatic heterocycles. The summed E-state index contributed by atoms with van der Waals surface area (Å²) in [5.41, 5.74) is 2.34. The standard InChI is InChI=1S/C14H18N4O3/c1-8-6-9(2)17-12(16-8)4-5-15-14(20)13-11(7-19)10(3)21-18-13/h6,19H,4-5,7H2,1-3H3,(H,15,20). The minimum absolute atomic E-state index is 0.122. The number of aromatic nitrogens is 3. The lowest BCUT2D eigenvalue weighted by Crippen LogP contribution is -2.27. The van der Waals surface area contributed by atoms with Crippen molar-refractivity contribution in [1.82, 2.24) is 20.4 Å². The predicted octanol–water partition coefficient (Wildman–Crippen LogP) is 0.855. The molecule has 0 spiro atoms. The van der Waals surface area contributed by atoms with Gasteiger partial charge in [0.1, 0.15) is 11.6 Å². The second-order valence-electron chi connectivity index (χ2n) is 4.80. The van der Waals surface area contributed by atoms with E-state index in [-0.39, 0.29) is 18.2 Å². The number of carbonyl (C=O) groups excluding carboxylic acids is 1. The van der Waals surface area contributed by atoms with Crippen molar-refractivity contribution in [2.45, 2.75) is 33.8 Å². The molecule has 0 unspecified atom stereocenters. The van der Waals surface area contributed by atoms with E-state index in [1.807, 2.05) is 19.9 Å². The van der Waals surface area contributed by atoms with Gasteiger partial charge in [0, 0.05) is 24.4 Å². The number of aliphatic hydroxyl groups is 1. The van der Waals surface area contributed by atoms with Crippen molar-refractivity contribution >= 4 is 5.91 Å². The molecule has 0 bridgehead atoms. The highest BCUT2D eigenvalue weighted by atomic mass is 16.5. The lowest BCUT2D eigenvalue weighted by Gasteiger charge is -2.05. The zero-order chi connectivity index (χ0) is 15.4. The third kappa shape index (κ3) is 3.63. The molecule has 21 heavy (non-hydrogen) atoms. The van der Waals surface area contributed by atoms with Crippen LogP contribution in [0.25, 0.3) is 0 Å². The predicted molar refractivity (Wildman–Crippen MR) is 74.7 cm³/mol. The number of carbonyl (C=O) groups is 1. The van der Waals surface area contributed by atoms with Crippen molar-refractivity contribution in [2.75, 3.05) is 6.54 Å². The largest absolute Gasteiger partial charge is 0.391 e. The molecule has 0 aliphatic rings. The first-order valence-electron chi connectivity index (χ1n) is 6.66. The van der Waals surface area contributed by atoms with E-state index in [1.54, 1.807) is 6.92 Å². The summed E-state index contributed by atoms with van der Waals surface area (Å²) >= 11 is 0. The second-order valence-corrected chi connectivity index (χ2v) is 4.80. The number of hydrogen-bond acceptors (Lipinski definition) is 6. The van der Waals surface area contributed by atoms with Gasteiger partial charge in [-0.3, -0.25) is 4.79 Å². The Labute approximate surface area is 122 Å². The molecule has 2 aromatic rings. The Morgan fingerprint density at radius 3 is 2.57 bits per heavy atom. The van der Waals surface area contributed by atoms with Crippen LogP contribution in [0, 0.1) is 20.8 Å². The van der Waals surface area contributed by atoms with Gasteiger partial charge in [0.25, 0.3) is 5.91 Å². The molecular formula is C14H18N4O3. The first kappa shape index (κ1) is 15.1. The maximum atomic E-state index is 12.0. The lowest BCUT2D eigenvalue weighted by molar-refractivity contribution is 0.0942. The zero-order valence-electron chi connectivity index (χ0n) is 12.3. The van der Waals surface area contributed by atoms with E-state index in [0.717, 1.165) is 11.4 Å². The summed E-state index contributed by atoms with van der Waals surface area (Å²) in [4.78, 5) is 20.6. The highest BCUT2D eigenvalue weighted by Crippen LogP contribution is 2.12. The molecule has 0 aliphatic heterocycles. The van der Waals surface area contributed by atoms with Crippen LogP contribution in [-0.4, -0.2) is 32.7 Å². The summed E-state index contributed by atoms with van der Waals surface area (Å²) in [6.45, 7) is 5.57. The van der Waals surface area contributed by atoms with E-state index in [9.17, 15) is 9.90 Å². The average molecular weight is 290 g/mol. The Balaban J connectivity index is 1.95. The normalized spacial score (nSPS) is 10.7. The first-order valence-corrected chi connectivity index (χ1v) is 6.66. The topological polar surface area (TPSA) is 101 Å². The maximum absolute atomic E-state index is 12.0. The molecule has 0 aliphatic carbocycles. The molecule has 0 saturated carbocycles. The fourth-order valence-corrected chi connectivity index (χ4v) is 2.04. The van der Waals surface area contributed by atoms with Gasteiger partial charge in [-0.15, -0.1) is 0 Å². The average Bonchev–Trinajstić information content (AvgIpc) is 2.78. The van der Waals surface area contributed by atoms with Gasteiger partial charge in [0.15, 0.2) is 5.69 Å². The van der Waals surface area contributed by atoms with E-state index in [4.69, 9.17) is 4.52 Å². The Kier molecular flexibility index (Phi) is 4.64. The molecule has 7 heteroatoms. The summed E-state index contributed by atoms with van der Waals surface area (Å²) in [6, 6.07) is 1.90. The van der Waals surface area contributed by atoms with Gasteiger partial charge in [-0.2, -0.15) is 0 Å². The van der Waals surface area contributed by atoms with Gasteiger partial charge in [-0.1, -0.05) is 5.16 Å². The Bertz CT molecular complexity index is 631. The SMILES string of the molecule is Cc1cc(C)nc(CCNC(=O)c2noc(C)c2CO)n1. The van der Waals surface area contributed by atoms with Gasteiger partial charge in [-0.25, -0.2) is 9.97 Å². The van der Waals surface area contributed by atoms with Crippen molar-refractivity contribution in [3.63, 3.8) is 0 Å². The molecule has 1 amide bonds. The highest BCUT2D eigenvalue weighted by Gasteiger charge is 2.18. The number of hydrogen-bond donors (Lipinski definition) is 2. The Hall–Kier alpha value is -2.28. The quantitative estimate of drug-likeness (QED) is 0.846. The Morgan fingerprint density at radius 1 is 1.29 bits per heavy atom. The minimum Gasteiger partial charge on any atom is -0.391 e. The van der Waals surface area contributed by atoms with Crippen LogP contribution in [0.5, 0.6) is 0 Å². The van der Waals surface area contributed by atoms with E-state index in [2.05, 4.69) is 20.4 Å². The number of rotatable bonds is 5. The van der Waals surface area contributed by atoms with Crippen LogP contribution in [-0.2, 0) is 13.0 Å². The third-order valence-electron chi connectivity index (χ3n) is 3.02. The van der Waals surface area contributed by atoms with Gasteiger partial charge in [0.2, 0.25) is 0 Å². The van der Waals surface area contributed by atoms with Crippen molar-refractivity contribution in [2.24, 2.45) is 0 Å². The summed E-state index contributed by atoms with van der Waals surface area (Å²) in [5.74, 6) is 0.757. The van der Waals surface area contributed by atoms with E-state index in [1.165, 1.54) is 0 Å². The van der Waals surface area contributed by atoms with E-state index in [0.29, 0.717) is 30.1 Å². The number of nitrogens with zero attached hydrogens (tertiary/aromatic N) is 3.